The summed E-state index contributed by atoms with van der Waals surface area (Å²) in [6, 6.07) is -0.751. The Morgan fingerprint density at radius 2 is 1.80 bits per heavy atom. The van der Waals surface area contributed by atoms with Gasteiger partial charge in [-0.25, -0.2) is 18.0 Å². The number of aromatic amines is 1. The number of alkyl halides is 3. The number of halogens is 3. The van der Waals surface area contributed by atoms with Crippen LogP contribution in [0.25, 0.3) is 11.1 Å². The van der Waals surface area contributed by atoms with Crippen molar-refractivity contribution in [3.05, 3.63) is 31.4 Å². The van der Waals surface area contributed by atoms with Gasteiger partial charge in [0.15, 0.2) is 0 Å². The summed E-state index contributed by atoms with van der Waals surface area (Å²) < 4.78 is 45.3. The van der Waals surface area contributed by atoms with Crippen molar-refractivity contribution in [2.24, 2.45) is 11.8 Å². The van der Waals surface area contributed by atoms with Gasteiger partial charge in [0.05, 0.1) is 16.6 Å². The van der Waals surface area contributed by atoms with Crippen LogP contribution in [-0.4, -0.2) is 56.9 Å². The van der Waals surface area contributed by atoms with Crippen molar-refractivity contribution in [1.82, 2.24) is 14.5 Å². The van der Waals surface area contributed by atoms with E-state index >= 15 is 4.39 Å². The normalized spacial score (nSPS) is 36.0. The van der Waals surface area contributed by atoms with Crippen LogP contribution in [0.2, 0.25) is 0 Å². The highest BCUT2D eigenvalue weighted by atomic mass is 19.3. The number of aliphatic hydroxyl groups is 1. The lowest BCUT2D eigenvalue weighted by Gasteiger charge is -2.36. The van der Waals surface area contributed by atoms with Crippen LogP contribution in [0.5, 0.6) is 0 Å². The van der Waals surface area contributed by atoms with Crippen molar-refractivity contribution in [1.29, 1.82) is 0 Å². The monoisotopic (exact) mass is 425 g/mol. The van der Waals surface area contributed by atoms with Crippen LogP contribution in [-0.2, 0) is 0 Å². The number of rotatable bonds is 2. The first-order chi connectivity index (χ1) is 14.1. The maximum absolute atomic E-state index is 15.6. The minimum atomic E-state index is -3.12. The van der Waals surface area contributed by atoms with Gasteiger partial charge in [-0.15, -0.1) is 0 Å². The summed E-state index contributed by atoms with van der Waals surface area (Å²) in [5.74, 6) is -3.85. The molecule has 1 aromatic rings. The SMILES string of the molecule is CC1=c2c(=O)[nH]c(=O)n(C3CC3)c2=C(C)C(N2CC3CCC(F)(F)C(O)C3C2)C1F. The number of hydrogen-bond donors (Lipinski definition) is 2. The van der Waals surface area contributed by atoms with E-state index in [1.54, 1.807) is 18.4 Å². The molecule has 1 saturated heterocycles. The molecule has 2 N–H and O–H groups in total. The van der Waals surface area contributed by atoms with Crippen LogP contribution in [0.3, 0.4) is 0 Å². The molecule has 0 aromatic carbocycles. The number of aliphatic hydroxyl groups excluding tert-OH is 1. The molecule has 5 rings (SSSR count). The lowest BCUT2D eigenvalue weighted by Crippen LogP contribution is -2.61. The molecule has 0 bridgehead atoms. The average Bonchev–Trinajstić information content (AvgIpc) is 3.41. The number of aromatic nitrogens is 2. The van der Waals surface area contributed by atoms with Crippen molar-refractivity contribution < 1.29 is 18.3 Å². The highest BCUT2D eigenvalue weighted by molar-refractivity contribution is 5.62. The fourth-order valence-corrected chi connectivity index (χ4v) is 5.84. The second-order valence-corrected chi connectivity index (χ2v) is 9.42. The van der Waals surface area contributed by atoms with Crippen molar-refractivity contribution in [2.45, 2.75) is 69.8 Å². The molecule has 2 saturated carbocycles. The smallest absolute Gasteiger partial charge is 0.329 e. The molecular formula is C21H26F3N3O3. The average molecular weight is 425 g/mol. The summed E-state index contributed by atoms with van der Waals surface area (Å²) in [5.41, 5.74) is -0.236. The molecule has 1 aliphatic heterocycles. The van der Waals surface area contributed by atoms with Gasteiger partial charge in [-0.3, -0.25) is 19.2 Å². The van der Waals surface area contributed by atoms with E-state index < -0.39 is 41.4 Å². The van der Waals surface area contributed by atoms with E-state index in [1.807, 2.05) is 4.90 Å². The summed E-state index contributed by atoms with van der Waals surface area (Å²) in [5, 5.41) is 10.9. The molecule has 0 radical (unpaired) electrons. The Hall–Kier alpha value is -1.87. The van der Waals surface area contributed by atoms with Crippen LogP contribution >= 0.6 is 0 Å². The van der Waals surface area contributed by atoms with Gasteiger partial charge in [0.25, 0.3) is 11.5 Å². The number of hydrogen-bond acceptors (Lipinski definition) is 4. The number of likely N-dealkylation sites (tertiary alicyclic amines) is 1. The molecule has 4 aliphatic rings. The van der Waals surface area contributed by atoms with Crippen molar-refractivity contribution in [3.8, 4) is 0 Å². The first-order valence-corrected chi connectivity index (χ1v) is 10.6. The predicted molar refractivity (Wildman–Crippen MR) is 104 cm³/mol. The van der Waals surface area contributed by atoms with Crippen LogP contribution < -0.4 is 21.8 Å². The molecule has 164 valence electrons. The maximum atomic E-state index is 15.6. The summed E-state index contributed by atoms with van der Waals surface area (Å²) >= 11 is 0. The molecule has 30 heavy (non-hydrogen) atoms. The third-order valence-corrected chi connectivity index (χ3v) is 7.56. The molecule has 0 amide bonds. The predicted octanol–water partition coefficient (Wildman–Crippen LogP) is 0.271. The standard InChI is InChI=1S/C21H26F3N3O3/c1-9-14-16(27(12-3-4-12)20(30)25-19(14)29)10(2)17(15(9)22)26-7-11-5-6-21(23,24)18(28)13(11)8-26/h11-13,15,17-18,28H,3-8H2,1-2H3,(H,25,29,30). The zero-order chi connectivity index (χ0) is 21.5. The zero-order valence-electron chi connectivity index (χ0n) is 17.0. The molecule has 0 spiro atoms. The van der Waals surface area contributed by atoms with Crippen LogP contribution in [0.15, 0.2) is 9.59 Å². The van der Waals surface area contributed by atoms with E-state index in [2.05, 4.69) is 4.98 Å². The van der Waals surface area contributed by atoms with Gasteiger partial charge in [0, 0.05) is 31.5 Å². The quantitative estimate of drug-likeness (QED) is 0.713. The Balaban J connectivity index is 1.63. The zero-order valence-corrected chi connectivity index (χ0v) is 17.0. The van der Waals surface area contributed by atoms with Gasteiger partial charge in [-0.05, 0) is 50.2 Å². The molecular weight excluding hydrogens is 399 g/mol. The van der Waals surface area contributed by atoms with E-state index in [1.165, 1.54) is 0 Å². The summed E-state index contributed by atoms with van der Waals surface area (Å²) in [6.45, 7) is 3.88. The van der Waals surface area contributed by atoms with E-state index in [4.69, 9.17) is 0 Å². The number of nitrogens with one attached hydrogen (secondary N) is 1. The Morgan fingerprint density at radius 3 is 2.47 bits per heavy atom. The Morgan fingerprint density at radius 1 is 1.10 bits per heavy atom. The minimum Gasteiger partial charge on any atom is -0.387 e. The van der Waals surface area contributed by atoms with Crippen LogP contribution in [0, 0.1) is 11.8 Å². The second kappa shape index (κ2) is 6.56. The molecule has 2 heterocycles. The highest BCUT2D eigenvalue weighted by Crippen LogP contribution is 2.45. The van der Waals surface area contributed by atoms with Crippen LogP contribution in [0.4, 0.5) is 13.2 Å². The maximum Gasteiger partial charge on any atom is 0.329 e. The minimum absolute atomic E-state index is 0.00988. The summed E-state index contributed by atoms with van der Waals surface area (Å²) in [6.07, 6.45) is -1.64. The lowest BCUT2D eigenvalue weighted by atomic mass is 9.77. The van der Waals surface area contributed by atoms with Gasteiger partial charge in [0.2, 0.25) is 0 Å². The third-order valence-electron chi connectivity index (χ3n) is 7.56. The van der Waals surface area contributed by atoms with E-state index in [9.17, 15) is 23.5 Å². The fraction of sp³-hybridized carbons (Fsp3) is 0.714. The van der Waals surface area contributed by atoms with Gasteiger partial charge >= 0.3 is 5.69 Å². The molecule has 5 unspecified atom stereocenters. The largest absolute Gasteiger partial charge is 0.387 e. The van der Waals surface area contributed by atoms with Gasteiger partial charge in [-0.1, -0.05) is 0 Å². The van der Waals surface area contributed by atoms with Crippen molar-refractivity contribution >= 4 is 11.1 Å². The lowest BCUT2D eigenvalue weighted by molar-refractivity contribution is -0.161. The molecule has 6 nitrogen and oxygen atoms in total. The number of H-pyrrole nitrogens is 1. The second-order valence-electron chi connectivity index (χ2n) is 9.42. The Bertz CT molecular complexity index is 1140. The Kier molecular flexibility index (Phi) is 4.39. The van der Waals surface area contributed by atoms with Crippen LogP contribution in [0.1, 0.15) is 45.6 Å². The summed E-state index contributed by atoms with van der Waals surface area (Å²) in [4.78, 5) is 29.2. The van der Waals surface area contributed by atoms with Gasteiger partial charge in [0.1, 0.15) is 12.3 Å². The molecule has 5 atom stereocenters. The van der Waals surface area contributed by atoms with E-state index in [0.29, 0.717) is 23.9 Å². The van der Waals surface area contributed by atoms with Gasteiger partial charge < -0.3 is 5.11 Å². The fourth-order valence-electron chi connectivity index (χ4n) is 5.84. The molecule has 1 aromatic heterocycles. The first-order valence-electron chi connectivity index (χ1n) is 10.6. The van der Waals surface area contributed by atoms with Gasteiger partial charge in [-0.2, -0.15) is 0 Å². The number of fused-ring (bicyclic) bond motifs is 2. The number of nitrogens with zero attached hydrogens (tertiary/aromatic N) is 2. The topological polar surface area (TPSA) is 78.3 Å². The summed E-state index contributed by atoms with van der Waals surface area (Å²) in [7, 11) is 0. The van der Waals surface area contributed by atoms with E-state index in [-0.39, 0.29) is 35.7 Å². The highest BCUT2D eigenvalue weighted by Gasteiger charge is 2.54. The Labute approximate surface area is 170 Å². The molecule has 9 heteroatoms. The molecule has 3 aliphatic carbocycles. The molecule has 3 fully saturated rings. The first kappa shape index (κ1) is 20.1. The van der Waals surface area contributed by atoms with Crippen molar-refractivity contribution in [3.63, 3.8) is 0 Å². The van der Waals surface area contributed by atoms with Crippen molar-refractivity contribution in [2.75, 3.05) is 13.1 Å². The van der Waals surface area contributed by atoms with E-state index in [0.717, 1.165) is 12.8 Å². The third kappa shape index (κ3) is 2.77.